The molecule has 0 radical (unpaired) electrons. The van der Waals surface area contributed by atoms with E-state index in [1.165, 1.54) is 5.56 Å². The van der Waals surface area contributed by atoms with E-state index in [-0.39, 0.29) is 0 Å². The van der Waals surface area contributed by atoms with E-state index in [2.05, 4.69) is 40.3 Å². The zero-order chi connectivity index (χ0) is 14.7. The molecule has 1 unspecified atom stereocenters. The molecule has 1 saturated heterocycles. The van der Waals surface area contributed by atoms with Gasteiger partial charge in [0.2, 0.25) is 0 Å². The second kappa shape index (κ2) is 6.99. The summed E-state index contributed by atoms with van der Waals surface area (Å²) in [5, 5.41) is 3.63. The van der Waals surface area contributed by atoms with Crippen LogP contribution in [0.5, 0.6) is 11.5 Å². The molecule has 1 fully saturated rings. The monoisotopic (exact) mass is 355 g/mol. The summed E-state index contributed by atoms with van der Waals surface area (Å²) in [4.78, 5) is 0. The topological polar surface area (TPSA) is 39.7 Å². The van der Waals surface area contributed by atoms with E-state index >= 15 is 0 Å². The van der Waals surface area contributed by atoms with Crippen molar-refractivity contribution in [3.63, 3.8) is 0 Å². The Labute approximate surface area is 134 Å². The molecule has 3 rings (SSSR count). The quantitative estimate of drug-likeness (QED) is 0.900. The van der Waals surface area contributed by atoms with Gasteiger partial charge >= 0.3 is 0 Å². The third-order valence-corrected chi connectivity index (χ3v) is 4.85. The van der Waals surface area contributed by atoms with E-state index in [0.29, 0.717) is 25.2 Å². The maximum absolute atomic E-state index is 5.67. The highest BCUT2D eigenvalue weighted by molar-refractivity contribution is 9.10. The van der Waals surface area contributed by atoms with Crippen LogP contribution in [0, 0.1) is 5.92 Å². The van der Waals surface area contributed by atoms with Crippen LogP contribution in [0.3, 0.4) is 0 Å². The maximum Gasteiger partial charge on any atom is 0.175 e. The van der Waals surface area contributed by atoms with Crippen molar-refractivity contribution in [1.82, 2.24) is 5.32 Å². The van der Waals surface area contributed by atoms with Gasteiger partial charge < -0.3 is 19.5 Å². The molecular weight excluding hydrogens is 334 g/mol. The van der Waals surface area contributed by atoms with Gasteiger partial charge in [0.25, 0.3) is 0 Å². The second-order valence-electron chi connectivity index (χ2n) is 5.72. The number of ether oxygens (including phenoxy) is 3. The van der Waals surface area contributed by atoms with Gasteiger partial charge in [-0.15, -0.1) is 0 Å². The molecular formula is C16H22BrNO3. The highest BCUT2D eigenvalue weighted by atomic mass is 79.9. The third-order valence-electron chi connectivity index (χ3n) is 4.26. The molecule has 0 aliphatic carbocycles. The van der Waals surface area contributed by atoms with Crippen molar-refractivity contribution >= 4 is 15.9 Å². The molecule has 2 aliphatic rings. The molecule has 0 spiro atoms. The molecule has 2 heterocycles. The van der Waals surface area contributed by atoms with Gasteiger partial charge in [0, 0.05) is 25.8 Å². The summed E-state index contributed by atoms with van der Waals surface area (Å²) in [6.07, 6.45) is 2.30. The average Bonchev–Trinajstić information content (AvgIpc) is 2.53. The first-order valence-electron chi connectivity index (χ1n) is 7.63. The minimum Gasteiger partial charge on any atom is -0.486 e. The Bertz CT molecular complexity index is 489. The first-order valence-corrected chi connectivity index (χ1v) is 8.42. The summed E-state index contributed by atoms with van der Waals surface area (Å²) in [5.41, 5.74) is 1.21. The van der Waals surface area contributed by atoms with E-state index in [4.69, 9.17) is 14.2 Å². The first kappa shape index (κ1) is 15.1. The van der Waals surface area contributed by atoms with Crippen molar-refractivity contribution in [2.45, 2.75) is 32.4 Å². The molecule has 116 valence electrons. The van der Waals surface area contributed by atoms with Crippen LogP contribution in [0.1, 0.15) is 25.3 Å². The van der Waals surface area contributed by atoms with Crippen molar-refractivity contribution in [2.24, 2.45) is 5.92 Å². The molecule has 0 saturated carbocycles. The highest BCUT2D eigenvalue weighted by Crippen LogP contribution is 2.38. The van der Waals surface area contributed by atoms with Gasteiger partial charge in [-0.2, -0.15) is 0 Å². The summed E-state index contributed by atoms with van der Waals surface area (Å²) in [6.45, 7) is 6.13. The van der Waals surface area contributed by atoms with Crippen LogP contribution in [0.2, 0.25) is 0 Å². The Hall–Kier alpha value is -0.780. The average molecular weight is 356 g/mol. The second-order valence-corrected chi connectivity index (χ2v) is 6.58. The minimum atomic E-state index is 0.501. The van der Waals surface area contributed by atoms with Crippen molar-refractivity contribution in [2.75, 3.05) is 26.4 Å². The molecule has 4 nitrogen and oxygen atoms in total. The summed E-state index contributed by atoms with van der Waals surface area (Å²) < 4.78 is 17.7. The summed E-state index contributed by atoms with van der Waals surface area (Å²) in [5.74, 6) is 2.37. The molecule has 1 aromatic rings. The Kier molecular flexibility index (Phi) is 5.03. The molecule has 0 aromatic heterocycles. The third kappa shape index (κ3) is 3.71. The van der Waals surface area contributed by atoms with Crippen LogP contribution in [0.15, 0.2) is 16.6 Å². The van der Waals surface area contributed by atoms with E-state index < -0.39 is 0 Å². The van der Waals surface area contributed by atoms with Gasteiger partial charge in [0.05, 0.1) is 4.47 Å². The fourth-order valence-corrected chi connectivity index (χ4v) is 3.53. The predicted octanol–water partition coefficient (Wildman–Crippen LogP) is 3.13. The van der Waals surface area contributed by atoms with Gasteiger partial charge in [0.15, 0.2) is 11.5 Å². The van der Waals surface area contributed by atoms with Gasteiger partial charge in [-0.1, -0.05) is 0 Å². The lowest BCUT2D eigenvalue weighted by Gasteiger charge is -2.28. The van der Waals surface area contributed by atoms with E-state index in [1.807, 2.05) is 0 Å². The highest BCUT2D eigenvalue weighted by Gasteiger charge is 2.21. The van der Waals surface area contributed by atoms with Crippen LogP contribution in [0.25, 0.3) is 0 Å². The largest absolute Gasteiger partial charge is 0.486 e. The van der Waals surface area contributed by atoms with Crippen LogP contribution >= 0.6 is 15.9 Å². The molecule has 1 aromatic carbocycles. The predicted molar refractivity (Wildman–Crippen MR) is 85.0 cm³/mol. The summed E-state index contributed by atoms with van der Waals surface area (Å²) in [7, 11) is 0. The number of nitrogens with one attached hydrogen (secondary N) is 1. The zero-order valence-corrected chi connectivity index (χ0v) is 13.9. The van der Waals surface area contributed by atoms with Crippen molar-refractivity contribution in [1.29, 1.82) is 0 Å². The van der Waals surface area contributed by atoms with Crippen molar-refractivity contribution in [3.05, 3.63) is 22.2 Å². The molecule has 21 heavy (non-hydrogen) atoms. The Morgan fingerprint density at radius 3 is 2.76 bits per heavy atom. The Morgan fingerprint density at radius 1 is 1.19 bits per heavy atom. The zero-order valence-electron chi connectivity index (χ0n) is 12.4. The number of hydrogen-bond acceptors (Lipinski definition) is 4. The van der Waals surface area contributed by atoms with Crippen LogP contribution in [-0.2, 0) is 11.3 Å². The van der Waals surface area contributed by atoms with Crippen LogP contribution in [0.4, 0.5) is 0 Å². The van der Waals surface area contributed by atoms with Gasteiger partial charge in [-0.25, -0.2) is 0 Å². The minimum absolute atomic E-state index is 0.501. The van der Waals surface area contributed by atoms with Crippen molar-refractivity contribution in [3.8, 4) is 11.5 Å². The van der Waals surface area contributed by atoms with E-state index in [9.17, 15) is 0 Å². The molecule has 5 heteroatoms. The van der Waals surface area contributed by atoms with Gasteiger partial charge in [-0.05, 0) is 59.3 Å². The number of benzene rings is 1. The van der Waals surface area contributed by atoms with Crippen LogP contribution in [-0.4, -0.2) is 32.5 Å². The molecule has 0 amide bonds. The van der Waals surface area contributed by atoms with Gasteiger partial charge in [-0.3, -0.25) is 0 Å². The molecule has 0 bridgehead atoms. The van der Waals surface area contributed by atoms with E-state index in [0.717, 1.165) is 48.6 Å². The number of rotatable bonds is 4. The van der Waals surface area contributed by atoms with Gasteiger partial charge in [0.1, 0.15) is 13.2 Å². The molecule has 1 atom stereocenters. The first-order chi connectivity index (χ1) is 10.2. The van der Waals surface area contributed by atoms with Crippen molar-refractivity contribution < 1.29 is 14.2 Å². The lowest BCUT2D eigenvalue weighted by molar-refractivity contribution is 0.0558. The smallest absolute Gasteiger partial charge is 0.175 e. The standard InChI is InChI=1S/C16H22BrNO3/c1-11(13-2-4-19-5-3-13)18-10-12-8-14(17)16-15(9-12)20-6-7-21-16/h8-9,11,13,18H,2-7,10H2,1H3. The lowest BCUT2D eigenvalue weighted by Crippen LogP contribution is -2.36. The molecule has 2 aliphatic heterocycles. The molecule has 1 N–H and O–H groups in total. The lowest BCUT2D eigenvalue weighted by atomic mass is 9.93. The fourth-order valence-electron chi connectivity index (χ4n) is 2.93. The maximum atomic E-state index is 5.67. The Morgan fingerprint density at radius 2 is 1.95 bits per heavy atom. The number of halogens is 1. The summed E-state index contributed by atoms with van der Waals surface area (Å²) in [6, 6.07) is 4.68. The number of hydrogen-bond donors (Lipinski definition) is 1. The van der Waals surface area contributed by atoms with Crippen LogP contribution < -0.4 is 14.8 Å². The summed E-state index contributed by atoms with van der Waals surface area (Å²) >= 11 is 3.57. The van der Waals surface area contributed by atoms with E-state index in [1.54, 1.807) is 0 Å². The number of fused-ring (bicyclic) bond motifs is 1. The normalized spacial score (nSPS) is 20.3. The Balaban J connectivity index is 1.61. The fraction of sp³-hybridized carbons (Fsp3) is 0.625. The SMILES string of the molecule is CC(NCc1cc(Br)c2c(c1)OCCO2)C1CCOCC1.